The molecule has 1 unspecified atom stereocenters. The van der Waals surface area contributed by atoms with E-state index in [1.165, 1.54) is 23.1 Å². The lowest BCUT2D eigenvalue weighted by Crippen LogP contribution is -2.45. The minimum absolute atomic E-state index is 0.177. The second-order valence-corrected chi connectivity index (χ2v) is 8.19. The van der Waals surface area contributed by atoms with E-state index < -0.39 is 10.8 Å². The number of hydrogen-bond donors (Lipinski definition) is 1. The fourth-order valence-electron chi connectivity index (χ4n) is 4.01. The van der Waals surface area contributed by atoms with Gasteiger partial charge in [-0.05, 0) is 24.1 Å². The minimum atomic E-state index is -0.553. The molecule has 0 saturated carbocycles. The molecule has 174 valence electrons. The van der Waals surface area contributed by atoms with Gasteiger partial charge in [-0.15, -0.1) is 0 Å². The number of hydrogen-bond acceptors (Lipinski definition) is 7. The summed E-state index contributed by atoms with van der Waals surface area (Å²) in [5.41, 5.74) is 2.15. The van der Waals surface area contributed by atoms with Crippen molar-refractivity contribution in [2.45, 2.75) is 26.1 Å². The summed E-state index contributed by atoms with van der Waals surface area (Å²) in [5.74, 6) is -0.465. The summed E-state index contributed by atoms with van der Waals surface area (Å²) < 4.78 is 10.9. The Morgan fingerprint density at radius 2 is 2.06 bits per heavy atom. The number of carbonyl (C=O) groups excluding carboxylic acids is 2. The van der Waals surface area contributed by atoms with Crippen LogP contribution < -0.4 is 15.0 Å². The molecule has 10 nitrogen and oxygen atoms in total. The van der Waals surface area contributed by atoms with E-state index in [2.05, 4.69) is 29.3 Å². The van der Waals surface area contributed by atoms with Crippen molar-refractivity contribution in [3.8, 4) is 5.75 Å². The van der Waals surface area contributed by atoms with Gasteiger partial charge in [-0.3, -0.25) is 29.5 Å². The number of amides is 2. The Morgan fingerprint density at radius 1 is 1.24 bits per heavy atom. The number of nitrogens with zero attached hydrogens (tertiary/aromatic N) is 3. The summed E-state index contributed by atoms with van der Waals surface area (Å²) in [6.07, 6.45) is 0.218. The number of benzene rings is 2. The SMILES string of the molecule is CC1CN(Cc2cccc(CNC(=O)CN3C(=O)COc4ccc([N+](=O)[O-])cc43)c2)CCO1. The Hall–Kier alpha value is -3.50. The van der Waals surface area contributed by atoms with Gasteiger partial charge < -0.3 is 14.8 Å². The number of ether oxygens (including phenoxy) is 2. The first-order valence-corrected chi connectivity index (χ1v) is 10.8. The molecular weight excluding hydrogens is 428 g/mol. The Morgan fingerprint density at radius 3 is 2.85 bits per heavy atom. The number of rotatable bonds is 7. The molecule has 0 bridgehead atoms. The molecule has 0 spiro atoms. The summed E-state index contributed by atoms with van der Waals surface area (Å²) >= 11 is 0. The molecule has 0 radical (unpaired) electrons. The standard InChI is InChI=1S/C23H26N4O6/c1-16-12-25(7-8-32-16)13-18-4-2-3-17(9-18)11-24-22(28)14-26-20-10-19(27(30)31)5-6-21(20)33-15-23(26)29/h2-6,9-10,16H,7-8,11-15H2,1H3,(H,24,28). The van der Waals surface area contributed by atoms with Gasteiger partial charge in [0, 0.05) is 38.3 Å². The lowest BCUT2D eigenvalue weighted by atomic mass is 10.1. The van der Waals surface area contributed by atoms with Crippen LogP contribution in [0.3, 0.4) is 0 Å². The largest absolute Gasteiger partial charge is 0.482 e. The maximum absolute atomic E-state index is 12.6. The molecule has 33 heavy (non-hydrogen) atoms. The van der Waals surface area contributed by atoms with Crippen molar-refractivity contribution in [1.29, 1.82) is 0 Å². The quantitative estimate of drug-likeness (QED) is 0.502. The van der Waals surface area contributed by atoms with Crippen molar-refractivity contribution in [1.82, 2.24) is 10.2 Å². The van der Waals surface area contributed by atoms with E-state index in [-0.39, 0.29) is 36.5 Å². The molecule has 0 aromatic heterocycles. The number of fused-ring (bicyclic) bond motifs is 1. The van der Waals surface area contributed by atoms with Gasteiger partial charge in [0.25, 0.3) is 11.6 Å². The predicted molar refractivity (Wildman–Crippen MR) is 120 cm³/mol. The summed E-state index contributed by atoms with van der Waals surface area (Å²) in [7, 11) is 0. The number of morpholine rings is 1. The molecule has 10 heteroatoms. The van der Waals surface area contributed by atoms with Crippen LogP contribution in [0.2, 0.25) is 0 Å². The minimum Gasteiger partial charge on any atom is -0.482 e. The van der Waals surface area contributed by atoms with Crippen LogP contribution in [0, 0.1) is 10.1 Å². The summed E-state index contributed by atoms with van der Waals surface area (Å²) in [6.45, 7) is 5.21. The van der Waals surface area contributed by atoms with E-state index >= 15 is 0 Å². The second kappa shape index (κ2) is 9.97. The van der Waals surface area contributed by atoms with Crippen molar-refractivity contribution in [2.24, 2.45) is 0 Å². The highest BCUT2D eigenvalue weighted by molar-refractivity contribution is 6.02. The number of carbonyl (C=O) groups is 2. The Kier molecular flexibility index (Phi) is 6.85. The molecule has 1 atom stereocenters. The first-order chi connectivity index (χ1) is 15.9. The summed E-state index contributed by atoms with van der Waals surface area (Å²) in [4.78, 5) is 39.0. The molecule has 4 rings (SSSR count). The fourth-order valence-corrected chi connectivity index (χ4v) is 4.01. The van der Waals surface area contributed by atoms with Crippen LogP contribution in [0.4, 0.5) is 11.4 Å². The van der Waals surface area contributed by atoms with Crippen LogP contribution in [0.1, 0.15) is 18.1 Å². The van der Waals surface area contributed by atoms with Gasteiger partial charge in [0.05, 0.1) is 23.3 Å². The van der Waals surface area contributed by atoms with Crippen molar-refractivity contribution in [3.63, 3.8) is 0 Å². The maximum atomic E-state index is 12.6. The smallest absolute Gasteiger partial charge is 0.271 e. The topological polar surface area (TPSA) is 114 Å². The number of anilines is 1. The van der Waals surface area contributed by atoms with Crippen LogP contribution in [0.25, 0.3) is 0 Å². The molecule has 2 aromatic rings. The van der Waals surface area contributed by atoms with Gasteiger partial charge in [-0.1, -0.05) is 24.3 Å². The van der Waals surface area contributed by atoms with Gasteiger partial charge >= 0.3 is 0 Å². The Bertz CT molecular complexity index is 1060. The molecule has 2 amide bonds. The molecule has 1 fully saturated rings. The molecule has 2 aliphatic heterocycles. The number of non-ortho nitro benzene ring substituents is 1. The number of nitro benzene ring substituents is 1. The zero-order valence-corrected chi connectivity index (χ0v) is 18.4. The predicted octanol–water partition coefficient (Wildman–Crippen LogP) is 1.86. The summed E-state index contributed by atoms with van der Waals surface area (Å²) in [6, 6.07) is 12.0. The average molecular weight is 454 g/mol. The third-order valence-electron chi connectivity index (χ3n) is 5.61. The van der Waals surface area contributed by atoms with E-state index in [0.717, 1.165) is 37.4 Å². The molecule has 2 heterocycles. The van der Waals surface area contributed by atoms with E-state index in [9.17, 15) is 19.7 Å². The highest BCUT2D eigenvalue weighted by atomic mass is 16.6. The Labute approximate surface area is 191 Å². The zero-order valence-electron chi connectivity index (χ0n) is 18.4. The molecular formula is C23H26N4O6. The maximum Gasteiger partial charge on any atom is 0.271 e. The van der Waals surface area contributed by atoms with Gasteiger partial charge in [-0.2, -0.15) is 0 Å². The first-order valence-electron chi connectivity index (χ1n) is 10.8. The molecule has 2 aliphatic rings. The van der Waals surface area contributed by atoms with Gasteiger partial charge in [0.1, 0.15) is 12.3 Å². The Balaban J connectivity index is 1.37. The van der Waals surface area contributed by atoms with Crippen LogP contribution in [0.5, 0.6) is 5.75 Å². The van der Waals surface area contributed by atoms with Crippen molar-refractivity contribution in [2.75, 3.05) is 37.7 Å². The molecule has 0 aliphatic carbocycles. The van der Waals surface area contributed by atoms with Crippen molar-refractivity contribution >= 4 is 23.2 Å². The van der Waals surface area contributed by atoms with Gasteiger partial charge in [-0.25, -0.2) is 0 Å². The van der Waals surface area contributed by atoms with Crippen molar-refractivity contribution in [3.05, 3.63) is 63.7 Å². The first kappa shape index (κ1) is 22.7. The lowest BCUT2D eigenvalue weighted by Gasteiger charge is -2.31. The highest BCUT2D eigenvalue weighted by Crippen LogP contribution is 2.35. The molecule has 1 saturated heterocycles. The fraction of sp³-hybridized carbons (Fsp3) is 0.391. The normalized spacial score (nSPS) is 18.4. The van der Waals surface area contributed by atoms with Crippen LogP contribution >= 0.6 is 0 Å². The third-order valence-corrected chi connectivity index (χ3v) is 5.61. The number of nitrogens with one attached hydrogen (secondary N) is 1. The zero-order chi connectivity index (χ0) is 23.4. The van der Waals surface area contributed by atoms with Crippen LogP contribution in [-0.2, 0) is 27.4 Å². The monoisotopic (exact) mass is 454 g/mol. The highest BCUT2D eigenvalue weighted by Gasteiger charge is 2.29. The molecule has 1 N–H and O–H groups in total. The average Bonchev–Trinajstić information content (AvgIpc) is 2.79. The van der Waals surface area contributed by atoms with Crippen LogP contribution in [0.15, 0.2) is 42.5 Å². The lowest BCUT2D eigenvalue weighted by molar-refractivity contribution is -0.384. The van der Waals surface area contributed by atoms with Crippen LogP contribution in [-0.4, -0.2) is 60.6 Å². The second-order valence-electron chi connectivity index (χ2n) is 8.19. The summed E-state index contributed by atoms with van der Waals surface area (Å²) in [5, 5.41) is 13.9. The third kappa shape index (κ3) is 5.65. The van der Waals surface area contributed by atoms with Gasteiger partial charge in [0.15, 0.2) is 6.61 Å². The van der Waals surface area contributed by atoms with E-state index in [1.807, 2.05) is 12.1 Å². The molecule has 2 aromatic carbocycles. The van der Waals surface area contributed by atoms with E-state index in [4.69, 9.17) is 9.47 Å². The van der Waals surface area contributed by atoms with Gasteiger partial charge in [0.2, 0.25) is 5.91 Å². The van der Waals surface area contributed by atoms with E-state index in [1.54, 1.807) is 0 Å². The van der Waals surface area contributed by atoms with Crippen molar-refractivity contribution < 1.29 is 24.0 Å². The number of nitro groups is 1. The van der Waals surface area contributed by atoms with E-state index in [0.29, 0.717) is 12.3 Å².